The number of benzene rings is 1. The number of ether oxygens (including phenoxy) is 1. The topological polar surface area (TPSA) is 42.4 Å². The van der Waals surface area contributed by atoms with E-state index in [-0.39, 0.29) is 0 Å². The molecule has 94 valence electrons. The summed E-state index contributed by atoms with van der Waals surface area (Å²) in [5.41, 5.74) is 2.73. The second kappa shape index (κ2) is 5.65. The second-order valence-electron chi connectivity index (χ2n) is 4.31. The highest BCUT2D eigenvalue weighted by molar-refractivity contribution is 5.29. The van der Waals surface area contributed by atoms with Crippen LogP contribution in [0.15, 0.2) is 42.5 Å². The maximum absolute atomic E-state index is 9.50. The highest BCUT2D eigenvalue weighted by atomic mass is 16.5. The number of aryl methyl sites for hydroxylation is 1. The normalized spacial score (nSPS) is 12.2. The van der Waals surface area contributed by atoms with E-state index in [1.165, 1.54) is 0 Å². The van der Waals surface area contributed by atoms with Crippen molar-refractivity contribution in [2.45, 2.75) is 26.6 Å². The minimum atomic E-state index is -0.481. The molecule has 1 aromatic heterocycles. The Labute approximate surface area is 107 Å². The van der Waals surface area contributed by atoms with Gasteiger partial charge in [0.15, 0.2) is 0 Å². The standard InChI is InChI=1S/C15H17NO2/c1-11-5-3-7-14(16-11)10-18-15-8-4-6-13(9-15)12(2)17/h3-9,12,17H,10H2,1-2H3/t12-/m0/s1. The molecule has 2 aromatic rings. The van der Waals surface area contributed by atoms with Gasteiger partial charge in [-0.05, 0) is 43.7 Å². The molecule has 0 amide bonds. The van der Waals surface area contributed by atoms with Gasteiger partial charge in [-0.15, -0.1) is 0 Å². The van der Waals surface area contributed by atoms with Crippen LogP contribution in [0.2, 0.25) is 0 Å². The highest BCUT2D eigenvalue weighted by Gasteiger charge is 2.03. The van der Waals surface area contributed by atoms with Crippen LogP contribution >= 0.6 is 0 Å². The molecule has 0 saturated carbocycles. The van der Waals surface area contributed by atoms with E-state index < -0.39 is 6.10 Å². The largest absolute Gasteiger partial charge is 0.487 e. The van der Waals surface area contributed by atoms with E-state index in [2.05, 4.69) is 4.98 Å². The average molecular weight is 243 g/mol. The van der Waals surface area contributed by atoms with Crippen LogP contribution in [0.1, 0.15) is 30.0 Å². The Morgan fingerprint density at radius 3 is 2.72 bits per heavy atom. The number of nitrogens with zero attached hydrogens (tertiary/aromatic N) is 1. The Morgan fingerprint density at radius 2 is 2.00 bits per heavy atom. The lowest BCUT2D eigenvalue weighted by atomic mass is 10.1. The summed E-state index contributed by atoms with van der Waals surface area (Å²) in [6.07, 6.45) is -0.481. The summed E-state index contributed by atoms with van der Waals surface area (Å²) >= 11 is 0. The van der Waals surface area contributed by atoms with Gasteiger partial charge in [0, 0.05) is 5.69 Å². The summed E-state index contributed by atoms with van der Waals surface area (Å²) in [5, 5.41) is 9.50. The predicted octanol–water partition coefficient (Wildman–Crippen LogP) is 3.02. The summed E-state index contributed by atoms with van der Waals surface area (Å²) in [4.78, 5) is 4.37. The fourth-order valence-corrected chi connectivity index (χ4v) is 1.70. The maximum Gasteiger partial charge on any atom is 0.130 e. The fourth-order valence-electron chi connectivity index (χ4n) is 1.70. The molecule has 0 radical (unpaired) electrons. The van der Waals surface area contributed by atoms with E-state index in [1.807, 2.05) is 49.4 Å². The first-order valence-electron chi connectivity index (χ1n) is 5.98. The average Bonchev–Trinajstić information content (AvgIpc) is 2.37. The van der Waals surface area contributed by atoms with Crippen molar-refractivity contribution < 1.29 is 9.84 Å². The van der Waals surface area contributed by atoms with E-state index in [0.29, 0.717) is 6.61 Å². The first-order valence-corrected chi connectivity index (χ1v) is 5.98. The Morgan fingerprint density at radius 1 is 1.22 bits per heavy atom. The Kier molecular flexibility index (Phi) is 3.95. The smallest absolute Gasteiger partial charge is 0.130 e. The summed E-state index contributed by atoms with van der Waals surface area (Å²) in [5.74, 6) is 0.747. The van der Waals surface area contributed by atoms with E-state index in [0.717, 1.165) is 22.7 Å². The van der Waals surface area contributed by atoms with Gasteiger partial charge in [-0.3, -0.25) is 4.98 Å². The van der Waals surface area contributed by atoms with Gasteiger partial charge in [-0.2, -0.15) is 0 Å². The van der Waals surface area contributed by atoms with Crippen molar-refractivity contribution >= 4 is 0 Å². The van der Waals surface area contributed by atoms with Gasteiger partial charge >= 0.3 is 0 Å². The van der Waals surface area contributed by atoms with E-state index in [9.17, 15) is 5.11 Å². The zero-order valence-electron chi connectivity index (χ0n) is 10.6. The number of aliphatic hydroxyl groups is 1. The number of aliphatic hydroxyl groups excluding tert-OH is 1. The number of rotatable bonds is 4. The van der Waals surface area contributed by atoms with Crippen LogP contribution < -0.4 is 4.74 Å². The van der Waals surface area contributed by atoms with Crippen molar-refractivity contribution in [1.82, 2.24) is 4.98 Å². The molecule has 1 aromatic carbocycles. The van der Waals surface area contributed by atoms with E-state index in [1.54, 1.807) is 6.92 Å². The molecule has 0 spiro atoms. The molecule has 0 saturated heterocycles. The van der Waals surface area contributed by atoms with Crippen LogP contribution in [0.4, 0.5) is 0 Å². The van der Waals surface area contributed by atoms with Crippen LogP contribution in [-0.4, -0.2) is 10.1 Å². The quantitative estimate of drug-likeness (QED) is 0.897. The van der Waals surface area contributed by atoms with Gasteiger partial charge < -0.3 is 9.84 Å². The predicted molar refractivity (Wildman–Crippen MR) is 70.4 cm³/mol. The van der Waals surface area contributed by atoms with E-state index >= 15 is 0 Å². The number of pyridine rings is 1. The molecule has 0 unspecified atom stereocenters. The summed E-state index contributed by atoms with van der Waals surface area (Å²) in [7, 11) is 0. The summed E-state index contributed by atoms with van der Waals surface area (Å²) < 4.78 is 5.66. The summed E-state index contributed by atoms with van der Waals surface area (Å²) in [6, 6.07) is 13.3. The van der Waals surface area contributed by atoms with Gasteiger partial charge in [0.25, 0.3) is 0 Å². The van der Waals surface area contributed by atoms with Crippen LogP contribution in [-0.2, 0) is 6.61 Å². The fraction of sp³-hybridized carbons (Fsp3) is 0.267. The third-order valence-electron chi connectivity index (χ3n) is 2.67. The van der Waals surface area contributed by atoms with Gasteiger partial charge in [0.05, 0.1) is 11.8 Å². The van der Waals surface area contributed by atoms with Crippen molar-refractivity contribution in [1.29, 1.82) is 0 Å². The third-order valence-corrected chi connectivity index (χ3v) is 2.67. The van der Waals surface area contributed by atoms with Gasteiger partial charge in [-0.1, -0.05) is 18.2 Å². The van der Waals surface area contributed by atoms with E-state index in [4.69, 9.17) is 4.74 Å². The number of hydrogen-bond donors (Lipinski definition) is 1. The lowest BCUT2D eigenvalue weighted by Crippen LogP contribution is -2.00. The SMILES string of the molecule is Cc1cccc(COc2cccc([C@H](C)O)c2)n1. The zero-order chi connectivity index (χ0) is 13.0. The van der Waals surface area contributed by atoms with Crippen molar-refractivity contribution in [2.75, 3.05) is 0 Å². The van der Waals surface area contributed by atoms with Gasteiger partial charge in [-0.25, -0.2) is 0 Å². The minimum absolute atomic E-state index is 0.435. The minimum Gasteiger partial charge on any atom is -0.487 e. The van der Waals surface area contributed by atoms with Crippen LogP contribution in [0, 0.1) is 6.92 Å². The highest BCUT2D eigenvalue weighted by Crippen LogP contribution is 2.19. The first kappa shape index (κ1) is 12.6. The summed E-state index contributed by atoms with van der Waals surface area (Å²) in [6.45, 7) is 4.13. The number of aromatic nitrogens is 1. The van der Waals surface area contributed by atoms with Crippen molar-refractivity contribution in [3.63, 3.8) is 0 Å². The molecule has 3 heteroatoms. The Bertz CT molecular complexity index is 523. The first-order chi connectivity index (χ1) is 8.65. The molecule has 3 nitrogen and oxygen atoms in total. The Balaban J connectivity index is 2.04. The molecular weight excluding hydrogens is 226 g/mol. The number of hydrogen-bond acceptors (Lipinski definition) is 3. The molecule has 0 aliphatic heterocycles. The van der Waals surface area contributed by atoms with Crippen LogP contribution in [0.3, 0.4) is 0 Å². The second-order valence-corrected chi connectivity index (χ2v) is 4.31. The molecule has 0 aliphatic rings. The van der Waals surface area contributed by atoms with Crippen molar-refractivity contribution in [3.8, 4) is 5.75 Å². The molecule has 0 fully saturated rings. The molecule has 0 bridgehead atoms. The van der Waals surface area contributed by atoms with Crippen molar-refractivity contribution in [2.24, 2.45) is 0 Å². The molecule has 0 aliphatic carbocycles. The van der Waals surface area contributed by atoms with Crippen LogP contribution in [0.25, 0.3) is 0 Å². The molecule has 1 N–H and O–H groups in total. The third kappa shape index (κ3) is 3.31. The lowest BCUT2D eigenvalue weighted by molar-refractivity contribution is 0.198. The molecule has 1 atom stereocenters. The Hall–Kier alpha value is -1.87. The molecule has 2 rings (SSSR count). The van der Waals surface area contributed by atoms with Crippen molar-refractivity contribution in [3.05, 3.63) is 59.4 Å². The van der Waals surface area contributed by atoms with Gasteiger partial charge in [0.1, 0.15) is 12.4 Å². The molecular formula is C15H17NO2. The molecule has 1 heterocycles. The lowest BCUT2D eigenvalue weighted by Gasteiger charge is -2.09. The molecule has 18 heavy (non-hydrogen) atoms. The van der Waals surface area contributed by atoms with Crippen LogP contribution in [0.5, 0.6) is 5.75 Å². The zero-order valence-corrected chi connectivity index (χ0v) is 10.6. The maximum atomic E-state index is 9.50. The van der Waals surface area contributed by atoms with Gasteiger partial charge in [0.2, 0.25) is 0 Å². The monoisotopic (exact) mass is 243 g/mol.